The predicted octanol–water partition coefficient (Wildman–Crippen LogP) is 2.46. The second-order valence-electron chi connectivity index (χ2n) is 8.09. The van der Waals surface area contributed by atoms with E-state index in [1.54, 1.807) is 0 Å². The molecule has 5 nitrogen and oxygen atoms in total. The molecule has 0 radical (unpaired) electrons. The second-order valence-corrected chi connectivity index (χ2v) is 8.09. The van der Waals surface area contributed by atoms with Gasteiger partial charge in [0.2, 0.25) is 0 Å². The van der Waals surface area contributed by atoms with E-state index in [2.05, 4.69) is 35.3 Å². The van der Waals surface area contributed by atoms with Gasteiger partial charge in [-0.15, -0.1) is 0 Å². The Labute approximate surface area is 139 Å². The van der Waals surface area contributed by atoms with Crippen molar-refractivity contribution in [3.63, 3.8) is 0 Å². The third-order valence-corrected chi connectivity index (χ3v) is 5.66. The van der Waals surface area contributed by atoms with Crippen LogP contribution in [0.1, 0.15) is 44.6 Å². The Hall–Kier alpha value is -0.910. The lowest BCUT2D eigenvalue weighted by Crippen LogP contribution is -2.60. The minimum Gasteiger partial charge on any atom is -0.381 e. The molecule has 0 amide bonds. The number of ether oxygens (including phenoxy) is 1. The monoisotopic (exact) mass is 321 g/mol. The van der Waals surface area contributed by atoms with E-state index in [0.29, 0.717) is 23.4 Å². The molecule has 1 aromatic heterocycles. The highest BCUT2D eigenvalue weighted by molar-refractivity contribution is 5.11. The Morgan fingerprint density at radius 3 is 2.70 bits per heavy atom. The summed E-state index contributed by atoms with van der Waals surface area (Å²) in [7, 11) is 4.09. The molecule has 2 atom stereocenters. The van der Waals surface area contributed by atoms with Crippen LogP contribution in [0.15, 0.2) is 10.6 Å². The van der Waals surface area contributed by atoms with Crippen LogP contribution < -0.4 is 5.32 Å². The highest BCUT2D eigenvalue weighted by Gasteiger charge is 2.48. The van der Waals surface area contributed by atoms with Crippen LogP contribution in [-0.4, -0.2) is 49.4 Å². The number of nitrogens with zero attached hydrogens (tertiary/aromatic N) is 2. The van der Waals surface area contributed by atoms with Gasteiger partial charge in [-0.1, -0.05) is 19.0 Å². The largest absolute Gasteiger partial charge is 0.381 e. The van der Waals surface area contributed by atoms with Crippen LogP contribution in [0.5, 0.6) is 0 Å². The number of rotatable bonds is 6. The average molecular weight is 321 g/mol. The van der Waals surface area contributed by atoms with Crippen molar-refractivity contribution >= 4 is 0 Å². The van der Waals surface area contributed by atoms with Gasteiger partial charge < -0.3 is 19.5 Å². The van der Waals surface area contributed by atoms with Crippen LogP contribution in [-0.2, 0) is 17.7 Å². The normalized spacial score (nSPS) is 28.0. The van der Waals surface area contributed by atoms with Gasteiger partial charge in [-0.3, -0.25) is 0 Å². The molecule has 0 aromatic carbocycles. The molecule has 0 spiro atoms. The van der Waals surface area contributed by atoms with Crippen LogP contribution in [0.2, 0.25) is 0 Å². The standard InChI is InChI=1S/C18H31N3O2/c1-18(2)13(9-15-11-16(23-20-15)12-21(3)4)10-17(18)19-14-5-7-22-8-6-14/h11,13-14,17,19H,5-10,12H2,1-4H3/t13-,17+/m1/s1. The van der Waals surface area contributed by atoms with Gasteiger partial charge in [-0.25, -0.2) is 0 Å². The maximum absolute atomic E-state index is 5.45. The summed E-state index contributed by atoms with van der Waals surface area (Å²) in [5.74, 6) is 1.64. The second kappa shape index (κ2) is 6.91. The van der Waals surface area contributed by atoms with Crippen molar-refractivity contribution < 1.29 is 9.26 Å². The van der Waals surface area contributed by atoms with Crippen molar-refractivity contribution in [1.29, 1.82) is 0 Å². The van der Waals surface area contributed by atoms with E-state index in [1.807, 2.05) is 14.1 Å². The average Bonchev–Trinajstić information content (AvgIpc) is 2.94. The Bertz CT molecular complexity index is 506. The van der Waals surface area contributed by atoms with Crippen LogP contribution in [0.25, 0.3) is 0 Å². The summed E-state index contributed by atoms with van der Waals surface area (Å²) in [5.41, 5.74) is 1.42. The van der Waals surface area contributed by atoms with Crippen molar-refractivity contribution in [2.45, 2.75) is 58.2 Å². The highest BCUT2D eigenvalue weighted by Crippen LogP contribution is 2.48. The van der Waals surface area contributed by atoms with E-state index in [0.717, 1.165) is 50.5 Å². The lowest BCUT2D eigenvalue weighted by Gasteiger charge is -2.54. The molecule has 0 unspecified atom stereocenters. The molecule has 1 aliphatic heterocycles. The predicted molar refractivity (Wildman–Crippen MR) is 90.3 cm³/mol. The summed E-state index contributed by atoms with van der Waals surface area (Å²) < 4.78 is 10.9. The van der Waals surface area contributed by atoms with Gasteiger partial charge in [0.1, 0.15) is 0 Å². The van der Waals surface area contributed by atoms with Gasteiger partial charge in [0.15, 0.2) is 5.76 Å². The zero-order valence-electron chi connectivity index (χ0n) is 15.0. The van der Waals surface area contributed by atoms with Gasteiger partial charge in [0.05, 0.1) is 12.2 Å². The summed E-state index contributed by atoms with van der Waals surface area (Å²) in [4.78, 5) is 2.10. The Kier molecular flexibility index (Phi) is 5.09. The molecule has 2 aliphatic rings. The van der Waals surface area contributed by atoms with E-state index in [1.165, 1.54) is 6.42 Å². The fraction of sp³-hybridized carbons (Fsp3) is 0.833. The molecule has 1 saturated carbocycles. The quantitative estimate of drug-likeness (QED) is 0.872. The molecule has 2 fully saturated rings. The van der Waals surface area contributed by atoms with E-state index in [4.69, 9.17) is 9.26 Å². The number of hydrogen-bond donors (Lipinski definition) is 1. The van der Waals surface area contributed by atoms with E-state index in [9.17, 15) is 0 Å². The smallest absolute Gasteiger partial charge is 0.150 e. The lowest BCUT2D eigenvalue weighted by atomic mass is 9.57. The summed E-state index contributed by atoms with van der Waals surface area (Å²) in [6, 6.07) is 3.37. The van der Waals surface area contributed by atoms with Crippen molar-refractivity contribution in [2.24, 2.45) is 11.3 Å². The maximum Gasteiger partial charge on any atom is 0.150 e. The van der Waals surface area contributed by atoms with Gasteiger partial charge in [0, 0.05) is 31.4 Å². The van der Waals surface area contributed by atoms with Crippen molar-refractivity contribution in [3.8, 4) is 0 Å². The topological polar surface area (TPSA) is 50.5 Å². The lowest BCUT2D eigenvalue weighted by molar-refractivity contribution is -0.00757. The Balaban J connectivity index is 1.51. The number of hydrogen-bond acceptors (Lipinski definition) is 5. The highest BCUT2D eigenvalue weighted by atomic mass is 16.5. The first kappa shape index (κ1) is 16.9. The van der Waals surface area contributed by atoms with Gasteiger partial charge in [-0.2, -0.15) is 0 Å². The van der Waals surface area contributed by atoms with Gasteiger partial charge in [0.25, 0.3) is 0 Å². The summed E-state index contributed by atoms with van der Waals surface area (Å²) in [6.07, 6.45) is 4.55. The molecule has 1 N–H and O–H groups in total. The van der Waals surface area contributed by atoms with Crippen LogP contribution in [0.3, 0.4) is 0 Å². The van der Waals surface area contributed by atoms with Crippen LogP contribution in [0.4, 0.5) is 0 Å². The molecule has 1 aliphatic carbocycles. The van der Waals surface area contributed by atoms with Crippen LogP contribution in [0, 0.1) is 11.3 Å². The molecule has 1 aromatic rings. The first-order valence-corrected chi connectivity index (χ1v) is 8.88. The molecule has 130 valence electrons. The molecule has 0 bridgehead atoms. The fourth-order valence-corrected chi connectivity index (χ4v) is 3.88. The van der Waals surface area contributed by atoms with E-state index >= 15 is 0 Å². The van der Waals surface area contributed by atoms with E-state index < -0.39 is 0 Å². The van der Waals surface area contributed by atoms with Crippen LogP contribution >= 0.6 is 0 Å². The zero-order chi connectivity index (χ0) is 16.4. The SMILES string of the molecule is CN(C)Cc1cc(C[C@@H]2C[C@H](NC3CCOCC3)C2(C)C)no1. The van der Waals surface area contributed by atoms with Crippen molar-refractivity contribution in [3.05, 3.63) is 17.5 Å². The Morgan fingerprint density at radius 2 is 2.04 bits per heavy atom. The summed E-state index contributed by atoms with van der Waals surface area (Å²) >= 11 is 0. The van der Waals surface area contributed by atoms with Gasteiger partial charge in [-0.05, 0) is 51.1 Å². The first-order chi connectivity index (χ1) is 10.9. The molecule has 5 heteroatoms. The van der Waals surface area contributed by atoms with Crippen molar-refractivity contribution in [2.75, 3.05) is 27.3 Å². The molecule has 23 heavy (non-hydrogen) atoms. The molecule has 2 heterocycles. The molecular weight excluding hydrogens is 290 g/mol. The maximum atomic E-state index is 5.45. The van der Waals surface area contributed by atoms with Crippen molar-refractivity contribution in [1.82, 2.24) is 15.4 Å². The van der Waals surface area contributed by atoms with E-state index in [-0.39, 0.29) is 0 Å². The fourth-order valence-electron chi connectivity index (χ4n) is 3.88. The minimum atomic E-state index is 0.318. The zero-order valence-corrected chi connectivity index (χ0v) is 15.0. The van der Waals surface area contributed by atoms with Gasteiger partial charge >= 0.3 is 0 Å². The summed E-state index contributed by atoms with van der Waals surface area (Å²) in [6.45, 7) is 7.40. The third kappa shape index (κ3) is 3.95. The summed E-state index contributed by atoms with van der Waals surface area (Å²) in [5, 5.41) is 8.12. The Morgan fingerprint density at radius 1 is 1.30 bits per heavy atom. The minimum absolute atomic E-state index is 0.318. The molecule has 3 rings (SSSR count). The number of aromatic nitrogens is 1. The first-order valence-electron chi connectivity index (χ1n) is 8.88. The molecule has 1 saturated heterocycles. The molecular formula is C18H31N3O2. The number of nitrogens with one attached hydrogen (secondary N) is 1. The third-order valence-electron chi connectivity index (χ3n) is 5.66.